The van der Waals surface area contributed by atoms with Crippen molar-refractivity contribution in [2.45, 2.75) is 51.2 Å². The number of carbonyl (C=O) groups is 1. The van der Waals surface area contributed by atoms with Crippen molar-refractivity contribution in [3.8, 4) is 0 Å². The number of nitrogens with zero attached hydrogens (tertiary/aromatic N) is 1. The van der Waals surface area contributed by atoms with Crippen molar-refractivity contribution < 1.29 is 14.3 Å². The number of benzene rings is 2. The maximum atomic E-state index is 12.2. The maximum absolute atomic E-state index is 12.2. The van der Waals surface area contributed by atoms with Gasteiger partial charge < -0.3 is 14.4 Å². The van der Waals surface area contributed by atoms with Gasteiger partial charge in [0.25, 0.3) is 0 Å². The van der Waals surface area contributed by atoms with Crippen molar-refractivity contribution >= 4 is 11.7 Å². The summed E-state index contributed by atoms with van der Waals surface area (Å²) < 4.78 is 11.4. The van der Waals surface area contributed by atoms with Gasteiger partial charge in [0.05, 0.1) is 11.2 Å². The first-order valence-electron chi connectivity index (χ1n) is 9.98. The summed E-state index contributed by atoms with van der Waals surface area (Å²) in [6.07, 6.45) is 2.90. The first-order valence-corrected chi connectivity index (χ1v) is 9.98. The predicted octanol–water partition coefficient (Wildman–Crippen LogP) is 4.87. The normalized spacial score (nSPS) is 16.6. The number of anilines is 1. The van der Waals surface area contributed by atoms with Crippen molar-refractivity contribution in [3.05, 3.63) is 65.7 Å². The van der Waals surface area contributed by atoms with E-state index in [9.17, 15) is 4.79 Å². The lowest BCUT2D eigenvalue weighted by atomic mass is 9.85. The molecule has 2 aromatic carbocycles. The number of methoxy groups -OCH3 is 1. The molecule has 4 nitrogen and oxygen atoms in total. The summed E-state index contributed by atoms with van der Waals surface area (Å²) >= 11 is 0. The number of rotatable bonds is 5. The minimum absolute atomic E-state index is 0.103. The van der Waals surface area contributed by atoms with Crippen LogP contribution in [0.25, 0.3) is 0 Å². The topological polar surface area (TPSA) is 38.8 Å². The van der Waals surface area contributed by atoms with Gasteiger partial charge in [0, 0.05) is 32.3 Å². The Bertz CT molecular complexity index is 770. The van der Waals surface area contributed by atoms with Crippen LogP contribution < -0.4 is 4.90 Å². The fraction of sp³-hybridized carbons (Fsp3) is 0.458. The summed E-state index contributed by atoms with van der Waals surface area (Å²) in [7, 11) is 1.83. The van der Waals surface area contributed by atoms with Crippen LogP contribution >= 0.6 is 0 Å². The average Bonchev–Trinajstić information content (AvgIpc) is 2.68. The minimum atomic E-state index is -0.481. The third-order valence-corrected chi connectivity index (χ3v) is 5.34. The van der Waals surface area contributed by atoms with Crippen LogP contribution in [0.2, 0.25) is 0 Å². The molecule has 0 aromatic heterocycles. The molecule has 150 valence electrons. The van der Waals surface area contributed by atoms with Crippen LogP contribution in [0.15, 0.2) is 54.6 Å². The van der Waals surface area contributed by atoms with Gasteiger partial charge in [-0.05, 0) is 63.4 Å². The average molecular weight is 382 g/mol. The van der Waals surface area contributed by atoms with Crippen molar-refractivity contribution in [3.63, 3.8) is 0 Å². The van der Waals surface area contributed by atoms with Gasteiger partial charge >= 0.3 is 5.97 Å². The quantitative estimate of drug-likeness (QED) is 0.693. The molecular weight excluding hydrogens is 350 g/mol. The van der Waals surface area contributed by atoms with E-state index in [1.54, 1.807) is 0 Å². The van der Waals surface area contributed by atoms with E-state index < -0.39 is 5.60 Å². The summed E-state index contributed by atoms with van der Waals surface area (Å²) in [5, 5.41) is 0. The summed E-state index contributed by atoms with van der Waals surface area (Å²) in [6.45, 7) is 7.51. The highest BCUT2D eigenvalue weighted by molar-refractivity contribution is 5.90. The Morgan fingerprint density at radius 2 is 1.61 bits per heavy atom. The van der Waals surface area contributed by atoms with Gasteiger partial charge in [-0.3, -0.25) is 0 Å². The molecule has 0 unspecified atom stereocenters. The zero-order chi connectivity index (χ0) is 20.2. The summed E-state index contributed by atoms with van der Waals surface area (Å²) in [4.78, 5) is 14.6. The van der Waals surface area contributed by atoms with Gasteiger partial charge in [-0.25, -0.2) is 4.79 Å². The lowest BCUT2D eigenvalue weighted by molar-refractivity contribution is -0.0289. The van der Waals surface area contributed by atoms with Gasteiger partial charge in [0.1, 0.15) is 5.60 Å². The minimum Gasteiger partial charge on any atom is -0.456 e. The smallest absolute Gasteiger partial charge is 0.338 e. The van der Waals surface area contributed by atoms with Crippen LogP contribution in [0.3, 0.4) is 0 Å². The summed E-state index contributed by atoms with van der Waals surface area (Å²) in [6, 6.07) is 18.3. The molecule has 1 saturated heterocycles. The molecule has 0 atom stereocenters. The van der Waals surface area contributed by atoms with Crippen LogP contribution in [0.1, 0.15) is 49.5 Å². The Labute approximate surface area is 168 Å². The Hall–Kier alpha value is -2.33. The third kappa shape index (κ3) is 5.14. The number of piperidine rings is 1. The Morgan fingerprint density at radius 1 is 1.00 bits per heavy atom. The standard InChI is InChI=1S/C24H31NO3/c1-23(2,3)28-22(26)20-10-12-21(13-11-20)25-16-14-24(27-4,15-17-25)18-19-8-6-5-7-9-19/h5-13H,14-18H2,1-4H3. The van der Waals surface area contributed by atoms with E-state index in [0.29, 0.717) is 5.56 Å². The van der Waals surface area contributed by atoms with Crippen molar-refractivity contribution in [2.24, 2.45) is 0 Å². The van der Waals surface area contributed by atoms with Gasteiger partial charge in [0.2, 0.25) is 0 Å². The lowest BCUT2D eigenvalue weighted by Crippen LogP contribution is -2.47. The monoisotopic (exact) mass is 381 g/mol. The summed E-state index contributed by atoms with van der Waals surface area (Å²) in [5.41, 5.74) is 2.46. The molecule has 0 radical (unpaired) electrons. The second kappa shape index (κ2) is 8.36. The zero-order valence-electron chi connectivity index (χ0n) is 17.4. The van der Waals surface area contributed by atoms with Gasteiger partial charge in [-0.15, -0.1) is 0 Å². The van der Waals surface area contributed by atoms with E-state index in [2.05, 4.69) is 29.2 Å². The first kappa shape index (κ1) is 20.4. The van der Waals surface area contributed by atoms with Gasteiger partial charge in [-0.1, -0.05) is 30.3 Å². The lowest BCUT2D eigenvalue weighted by Gasteiger charge is -2.42. The van der Waals surface area contributed by atoms with Crippen LogP contribution in [0.5, 0.6) is 0 Å². The number of ether oxygens (including phenoxy) is 2. The molecule has 1 fully saturated rings. The van der Waals surface area contributed by atoms with Crippen LogP contribution in [-0.2, 0) is 15.9 Å². The molecule has 0 amide bonds. The molecule has 0 spiro atoms. The molecule has 1 aliphatic heterocycles. The molecule has 3 rings (SSSR count). The second-order valence-electron chi connectivity index (χ2n) is 8.59. The second-order valence-corrected chi connectivity index (χ2v) is 8.59. The van der Waals surface area contributed by atoms with Crippen LogP contribution in [-0.4, -0.2) is 37.4 Å². The molecule has 0 bridgehead atoms. The fourth-order valence-corrected chi connectivity index (χ4v) is 3.74. The van der Waals surface area contributed by atoms with E-state index in [4.69, 9.17) is 9.47 Å². The molecule has 0 N–H and O–H groups in total. The number of carbonyl (C=O) groups excluding carboxylic acids is 1. The molecule has 0 aliphatic carbocycles. The maximum Gasteiger partial charge on any atom is 0.338 e. The Morgan fingerprint density at radius 3 is 2.14 bits per heavy atom. The Balaban J connectivity index is 1.62. The van der Waals surface area contributed by atoms with Crippen LogP contribution in [0.4, 0.5) is 5.69 Å². The van der Waals surface area contributed by atoms with E-state index in [0.717, 1.165) is 38.0 Å². The van der Waals surface area contributed by atoms with Gasteiger partial charge in [-0.2, -0.15) is 0 Å². The highest BCUT2D eigenvalue weighted by Gasteiger charge is 2.34. The van der Waals surface area contributed by atoms with Crippen LogP contribution in [0, 0.1) is 0 Å². The van der Waals surface area contributed by atoms with Gasteiger partial charge in [0.15, 0.2) is 0 Å². The molecule has 1 heterocycles. The third-order valence-electron chi connectivity index (χ3n) is 5.34. The largest absolute Gasteiger partial charge is 0.456 e. The first-order chi connectivity index (χ1) is 13.3. The molecular formula is C24H31NO3. The van der Waals surface area contributed by atoms with E-state index in [1.807, 2.05) is 58.2 Å². The Kier molecular flexibility index (Phi) is 6.09. The van der Waals surface area contributed by atoms with Crippen molar-refractivity contribution in [1.29, 1.82) is 0 Å². The summed E-state index contributed by atoms with van der Waals surface area (Å²) in [5.74, 6) is -0.279. The van der Waals surface area contributed by atoms with Crippen molar-refractivity contribution in [1.82, 2.24) is 0 Å². The number of hydrogen-bond donors (Lipinski definition) is 0. The van der Waals surface area contributed by atoms with E-state index in [1.165, 1.54) is 5.56 Å². The van der Waals surface area contributed by atoms with E-state index in [-0.39, 0.29) is 11.6 Å². The van der Waals surface area contributed by atoms with Crippen molar-refractivity contribution in [2.75, 3.05) is 25.1 Å². The zero-order valence-corrected chi connectivity index (χ0v) is 17.4. The highest BCUT2D eigenvalue weighted by atomic mass is 16.6. The number of esters is 1. The molecule has 28 heavy (non-hydrogen) atoms. The fourth-order valence-electron chi connectivity index (χ4n) is 3.74. The molecule has 4 heteroatoms. The molecule has 0 saturated carbocycles. The highest BCUT2D eigenvalue weighted by Crippen LogP contribution is 2.32. The van der Waals surface area contributed by atoms with E-state index >= 15 is 0 Å². The molecule has 2 aromatic rings. The molecule has 1 aliphatic rings. The number of hydrogen-bond acceptors (Lipinski definition) is 4. The SMILES string of the molecule is COC1(Cc2ccccc2)CCN(c2ccc(C(=O)OC(C)(C)C)cc2)CC1. The predicted molar refractivity (Wildman–Crippen MR) is 113 cm³/mol.